The van der Waals surface area contributed by atoms with Gasteiger partial charge in [0.1, 0.15) is 0 Å². The summed E-state index contributed by atoms with van der Waals surface area (Å²) in [5.74, 6) is 0. The molecule has 1 fully saturated rings. The molecule has 0 unspecified atom stereocenters. The molecule has 0 aromatic heterocycles. The second kappa shape index (κ2) is 8.77. The van der Waals surface area contributed by atoms with Crippen LogP contribution in [-0.2, 0) is 20.2 Å². The molecule has 4 N–H and O–H groups in total. The van der Waals surface area contributed by atoms with Gasteiger partial charge in [-0.15, -0.1) is 0 Å². The lowest BCUT2D eigenvalue weighted by molar-refractivity contribution is 0.0541. The molecule has 0 spiro atoms. The van der Waals surface area contributed by atoms with E-state index in [0.29, 0.717) is 12.5 Å². The molecule has 1 rings (SSSR count). The fourth-order valence-electron chi connectivity index (χ4n) is 1.06. The first kappa shape index (κ1) is 20.1. The fraction of sp³-hybridized carbons (Fsp3) is 1.00. The van der Waals surface area contributed by atoms with Gasteiger partial charge in [0, 0.05) is 0 Å². The zero-order valence-electron chi connectivity index (χ0n) is 10.2. The zero-order valence-corrected chi connectivity index (χ0v) is 11.9. The van der Waals surface area contributed by atoms with Gasteiger partial charge in [-0.3, -0.25) is 9.11 Å². The van der Waals surface area contributed by atoms with Crippen LogP contribution in [0.5, 0.6) is 0 Å². The van der Waals surface area contributed by atoms with E-state index in [4.69, 9.17) is 19.3 Å². The van der Waals surface area contributed by atoms with Crippen LogP contribution in [0.15, 0.2) is 0 Å². The maximum Gasteiger partial charge on any atom is 0.261 e. The molecule has 0 amide bonds. The smallest absolute Gasteiger partial charge is 0.261 e. The highest BCUT2D eigenvalue weighted by Crippen LogP contribution is 2.17. The quantitative estimate of drug-likeness (QED) is 0.429. The minimum atomic E-state index is -3.67. The molecule has 0 heterocycles. The largest absolute Gasteiger partial charge is 0.393 e. The number of aliphatic hydroxyl groups excluding tert-OH is 2. The lowest BCUT2D eigenvalue weighted by atomic mass is 9.95. The van der Waals surface area contributed by atoms with Crippen LogP contribution in [0, 0.1) is 0 Å². The molecule has 0 aliphatic heterocycles. The Hall–Kier alpha value is -0.260. The summed E-state index contributed by atoms with van der Waals surface area (Å²) in [5.41, 5.74) is 0. The van der Waals surface area contributed by atoms with Gasteiger partial charge in [0.15, 0.2) is 0 Å². The first-order chi connectivity index (χ1) is 7.79. The van der Waals surface area contributed by atoms with Crippen LogP contribution in [-0.4, -0.2) is 60.9 Å². The Bertz CT molecular complexity index is 335. The van der Waals surface area contributed by atoms with Crippen LogP contribution in [0.4, 0.5) is 0 Å². The van der Waals surface area contributed by atoms with Crippen LogP contribution in [0.3, 0.4) is 0 Å². The molecule has 8 nitrogen and oxygen atoms in total. The molecule has 0 saturated heterocycles. The molecule has 1 aliphatic carbocycles. The summed E-state index contributed by atoms with van der Waals surface area (Å²) >= 11 is 0. The molecule has 1 aliphatic rings. The molecule has 1 saturated carbocycles. The topological polar surface area (TPSA) is 149 Å². The Morgan fingerprint density at radius 2 is 0.833 bits per heavy atom. The van der Waals surface area contributed by atoms with Gasteiger partial charge in [-0.2, -0.15) is 16.8 Å². The second-order valence-electron chi connectivity index (χ2n) is 3.93. The van der Waals surface area contributed by atoms with E-state index in [2.05, 4.69) is 0 Å². The third kappa shape index (κ3) is 36.0. The predicted molar refractivity (Wildman–Crippen MR) is 65.4 cm³/mol. The Morgan fingerprint density at radius 1 is 0.722 bits per heavy atom. The second-order valence-corrected chi connectivity index (χ2v) is 6.86. The summed E-state index contributed by atoms with van der Waals surface area (Å²) in [6.45, 7) is 0. The summed E-state index contributed by atoms with van der Waals surface area (Å²) in [6, 6.07) is 0. The van der Waals surface area contributed by atoms with Crippen molar-refractivity contribution in [2.45, 2.75) is 37.9 Å². The van der Waals surface area contributed by atoms with Crippen LogP contribution < -0.4 is 0 Å². The lowest BCUT2D eigenvalue weighted by Crippen LogP contribution is -2.21. The van der Waals surface area contributed by atoms with E-state index in [-0.39, 0.29) is 12.2 Å². The SMILES string of the molecule is CS(=O)(=O)O.CS(=O)(=O)O.OC1CCC(O)CC1. The monoisotopic (exact) mass is 308 g/mol. The molecule has 0 aromatic carbocycles. The van der Waals surface area contributed by atoms with E-state index >= 15 is 0 Å². The van der Waals surface area contributed by atoms with Gasteiger partial charge >= 0.3 is 0 Å². The minimum absolute atomic E-state index is 0.140. The minimum Gasteiger partial charge on any atom is -0.393 e. The molecule has 0 aromatic rings. The first-order valence-corrected chi connectivity index (χ1v) is 8.69. The Balaban J connectivity index is 0. The van der Waals surface area contributed by atoms with Crippen molar-refractivity contribution in [1.82, 2.24) is 0 Å². The molecular weight excluding hydrogens is 288 g/mol. The van der Waals surface area contributed by atoms with Crippen LogP contribution in [0.1, 0.15) is 25.7 Å². The highest BCUT2D eigenvalue weighted by molar-refractivity contribution is 7.85. The average molecular weight is 308 g/mol. The number of hydrogen-bond acceptors (Lipinski definition) is 6. The van der Waals surface area contributed by atoms with Gasteiger partial charge in [0.25, 0.3) is 20.2 Å². The van der Waals surface area contributed by atoms with Crippen molar-refractivity contribution in [2.24, 2.45) is 0 Å². The normalized spacial score (nSPS) is 24.1. The molecule has 18 heavy (non-hydrogen) atoms. The van der Waals surface area contributed by atoms with Crippen molar-refractivity contribution < 1.29 is 36.2 Å². The van der Waals surface area contributed by atoms with Crippen molar-refractivity contribution in [3.63, 3.8) is 0 Å². The fourth-order valence-corrected chi connectivity index (χ4v) is 1.06. The molecule has 112 valence electrons. The summed E-state index contributed by atoms with van der Waals surface area (Å²) < 4.78 is 51.7. The van der Waals surface area contributed by atoms with Gasteiger partial charge in [-0.1, -0.05) is 0 Å². The summed E-state index contributed by atoms with van der Waals surface area (Å²) in [6.07, 6.45) is 4.27. The maximum absolute atomic E-state index is 9.19. The van der Waals surface area contributed by atoms with E-state index in [1.165, 1.54) is 0 Å². The van der Waals surface area contributed by atoms with E-state index < -0.39 is 20.2 Å². The lowest BCUT2D eigenvalue weighted by Gasteiger charge is -2.20. The highest BCUT2D eigenvalue weighted by Gasteiger charge is 2.15. The van der Waals surface area contributed by atoms with Gasteiger partial charge in [-0.25, -0.2) is 0 Å². The molecular formula is C8H20O8S2. The average Bonchev–Trinajstić information content (AvgIpc) is 2.04. The zero-order chi connectivity index (χ0) is 15.0. The molecule has 0 radical (unpaired) electrons. The standard InChI is InChI=1S/C6H12O2.2CH4O3S/c7-5-1-2-6(8)4-3-5;2*1-5(2,3)4/h5-8H,1-4H2;2*1H3,(H,2,3,4). The number of hydrogen-bond donors (Lipinski definition) is 4. The third-order valence-corrected chi connectivity index (χ3v) is 1.67. The van der Waals surface area contributed by atoms with Crippen molar-refractivity contribution in [3.8, 4) is 0 Å². The van der Waals surface area contributed by atoms with Gasteiger partial charge in [0.05, 0.1) is 24.7 Å². The third-order valence-electron chi connectivity index (χ3n) is 1.67. The van der Waals surface area contributed by atoms with E-state index in [9.17, 15) is 16.8 Å². The van der Waals surface area contributed by atoms with Crippen molar-refractivity contribution in [2.75, 3.05) is 12.5 Å². The van der Waals surface area contributed by atoms with Crippen LogP contribution in [0.2, 0.25) is 0 Å². The maximum atomic E-state index is 9.19. The molecule has 0 bridgehead atoms. The number of aliphatic hydroxyl groups is 2. The first-order valence-electron chi connectivity index (χ1n) is 5.00. The van der Waals surface area contributed by atoms with Crippen molar-refractivity contribution >= 4 is 20.2 Å². The van der Waals surface area contributed by atoms with Gasteiger partial charge in [0.2, 0.25) is 0 Å². The Labute approximate surface area is 107 Å². The van der Waals surface area contributed by atoms with E-state index in [1.54, 1.807) is 0 Å². The van der Waals surface area contributed by atoms with E-state index in [0.717, 1.165) is 25.7 Å². The molecule has 10 heteroatoms. The highest BCUT2D eigenvalue weighted by atomic mass is 32.2. The van der Waals surface area contributed by atoms with Crippen LogP contribution >= 0.6 is 0 Å². The molecule has 0 atom stereocenters. The van der Waals surface area contributed by atoms with Crippen molar-refractivity contribution in [1.29, 1.82) is 0 Å². The Morgan fingerprint density at radius 3 is 0.944 bits per heavy atom. The number of rotatable bonds is 0. The van der Waals surface area contributed by atoms with Gasteiger partial charge < -0.3 is 10.2 Å². The Kier molecular flexibility index (Phi) is 9.78. The summed E-state index contributed by atoms with van der Waals surface area (Å²) in [7, 11) is -7.33. The predicted octanol–water partition coefficient (Wildman–Crippen LogP) is -0.710. The van der Waals surface area contributed by atoms with E-state index in [1.807, 2.05) is 0 Å². The van der Waals surface area contributed by atoms with Crippen LogP contribution in [0.25, 0.3) is 0 Å². The van der Waals surface area contributed by atoms with Crippen molar-refractivity contribution in [3.05, 3.63) is 0 Å². The summed E-state index contributed by atoms with van der Waals surface area (Å²) in [5, 5.41) is 17.8. The van der Waals surface area contributed by atoms with Gasteiger partial charge in [-0.05, 0) is 25.7 Å². The summed E-state index contributed by atoms with van der Waals surface area (Å²) in [4.78, 5) is 0.